The molecule has 27 heavy (non-hydrogen) atoms. The first-order chi connectivity index (χ1) is 12.8. The normalized spacial score (nSPS) is 14.1. The molecule has 3 aromatic rings. The first-order valence-electron chi connectivity index (χ1n) is 8.82. The van der Waals surface area contributed by atoms with E-state index in [2.05, 4.69) is 11.1 Å². The fourth-order valence-electron chi connectivity index (χ4n) is 3.77. The summed E-state index contributed by atoms with van der Waals surface area (Å²) in [5.74, 6) is -0.341. The van der Waals surface area contributed by atoms with Crippen molar-refractivity contribution in [3.8, 4) is 6.07 Å². The Bertz CT molecular complexity index is 986. The summed E-state index contributed by atoms with van der Waals surface area (Å²) in [6.07, 6.45) is 0.119. The van der Waals surface area contributed by atoms with Crippen LogP contribution in [0.3, 0.4) is 0 Å². The molecule has 140 valence electrons. The number of nitriles is 1. The molecule has 0 saturated carbocycles. The van der Waals surface area contributed by atoms with Crippen LogP contribution in [0, 0.1) is 17.1 Å². The third-order valence-corrected chi connectivity index (χ3v) is 5.05. The molecule has 0 bridgehead atoms. The zero-order chi connectivity index (χ0) is 19.7. The fourth-order valence-corrected chi connectivity index (χ4v) is 3.77. The third-order valence-electron chi connectivity index (χ3n) is 5.05. The molecular formula is C22H22F2N2O. The molecule has 5 heteroatoms. The van der Waals surface area contributed by atoms with Gasteiger partial charge in [0, 0.05) is 23.0 Å². The average molecular weight is 368 g/mol. The number of hydrogen-bond acceptors (Lipinski definition) is 2. The quantitative estimate of drug-likeness (QED) is 0.657. The van der Waals surface area contributed by atoms with Gasteiger partial charge in [-0.2, -0.15) is 5.26 Å². The van der Waals surface area contributed by atoms with Crippen molar-refractivity contribution in [2.75, 3.05) is 6.67 Å². The number of aromatic nitrogens is 1. The number of para-hydroxylation sites is 1. The first-order valence-corrected chi connectivity index (χ1v) is 8.82. The number of halogens is 2. The van der Waals surface area contributed by atoms with Gasteiger partial charge in [-0.15, -0.1) is 0 Å². The molecule has 3 rings (SSSR count). The summed E-state index contributed by atoms with van der Waals surface area (Å²) in [7, 11) is 0. The van der Waals surface area contributed by atoms with E-state index in [0.717, 1.165) is 16.5 Å². The second kappa shape index (κ2) is 7.13. The lowest BCUT2D eigenvalue weighted by Crippen LogP contribution is -2.41. The van der Waals surface area contributed by atoms with Crippen molar-refractivity contribution in [3.05, 3.63) is 71.2 Å². The number of H-pyrrole nitrogens is 1. The molecule has 2 N–H and O–H groups in total. The van der Waals surface area contributed by atoms with Crippen LogP contribution in [0.4, 0.5) is 8.78 Å². The Labute approximate surface area is 157 Å². The van der Waals surface area contributed by atoms with Crippen molar-refractivity contribution in [2.24, 2.45) is 0 Å². The second-order valence-electron chi connectivity index (χ2n) is 7.74. The maximum atomic E-state index is 13.9. The number of fused-ring (bicyclic) bond motifs is 1. The number of alkyl halides is 1. The molecule has 0 spiro atoms. The zero-order valence-electron chi connectivity index (χ0n) is 15.4. The molecule has 0 saturated heterocycles. The topological polar surface area (TPSA) is 59.8 Å². The molecule has 1 heterocycles. The monoisotopic (exact) mass is 368 g/mol. The van der Waals surface area contributed by atoms with Crippen LogP contribution in [0.15, 0.2) is 48.5 Å². The van der Waals surface area contributed by atoms with Gasteiger partial charge in [0.05, 0.1) is 11.2 Å². The highest BCUT2D eigenvalue weighted by Crippen LogP contribution is 2.35. The average Bonchev–Trinajstić information content (AvgIpc) is 2.98. The van der Waals surface area contributed by atoms with E-state index in [0.29, 0.717) is 11.3 Å². The van der Waals surface area contributed by atoms with Crippen LogP contribution in [-0.2, 0) is 11.8 Å². The molecular weight excluding hydrogens is 346 g/mol. The van der Waals surface area contributed by atoms with E-state index >= 15 is 0 Å². The Morgan fingerprint density at radius 1 is 1.11 bits per heavy atom. The van der Waals surface area contributed by atoms with E-state index in [9.17, 15) is 19.1 Å². The van der Waals surface area contributed by atoms with Crippen LogP contribution in [0.25, 0.3) is 10.9 Å². The van der Waals surface area contributed by atoms with Crippen molar-refractivity contribution in [2.45, 2.75) is 37.7 Å². The van der Waals surface area contributed by atoms with Crippen molar-refractivity contribution in [1.82, 2.24) is 4.98 Å². The van der Waals surface area contributed by atoms with Gasteiger partial charge in [0.2, 0.25) is 0 Å². The lowest BCUT2D eigenvalue weighted by molar-refractivity contribution is -0.00928. The van der Waals surface area contributed by atoms with E-state index in [4.69, 9.17) is 0 Å². The number of rotatable bonds is 6. The predicted molar refractivity (Wildman–Crippen MR) is 102 cm³/mol. The SMILES string of the molecule is CC(C)(CC(O)(CF)Cc1[nH]c2ccccc2c1C#N)c1ccc(F)cc1. The van der Waals surface area contributed by atoms with Gasteiger partial charge in [-0.1, -0.05) is 44.2 Å². The highest BCUT2D eigenvalue weighted by Gasteiger charge is 2.37. The summed E-state index contributed by atoms with van der Waals surface area (Å²) in [6.45, 7) is 2.83. The summed E-state index contributed by atoms with van der Waals surface area (Å²) in [6, 6.07) is 15.5. The largest absolute Gasteiger partial charge is 0.387 e. The van der Waals surface area contributed by atoms with Gasteiger partial charge < -0.3 is 10.1 Å². The van der Waals surface area contributed by atoms with Gasteiger partial charge in [-0.25, -0.2) is 8.78 Å². The van der Waals surface area contributed by atoms with Crippen LogP contribution >= 0.6 is 0 Å². The van der Waals surface area contributed by atoms with Gasteiger partial charge in [0.1, 0.15) is 18.6 Å². The maximum Gasteiger partial charge on any atom is 0.123 e. The molecule has 0 radical (unpaired) electrons. The first kappa shape index (κ1) is 19.1. The fraction of sp³-hybridized carbons (Fsp3) is 0.318. The van der Waals surface area contributed by atoms with Crippen molar-refractivity contribution in [1.29, 1.82) is 5.26 Å². The van der Waals surface area contributed by atoms with E-state index in [1.165, 1.54) is 12.1 Å². The minimum atomic E-state index is -1.65. The van der Waals surface area contributed by atoms with Crippen LogP contribution in [0.5, 0.6) is 0 Å². The summed E-state index contributed by atoms with van der Waals surface area (Å²) < 4.78 is 27.1. The van der Waals surface area contributed by atoms with Gasteiger partial charge in [0.15, 0.2) is 0 Å². The summed E-state index contributed by atoms with van der Waals surface area (Å²) in [5, 5.41) is 21.3. The molecule has 0 aliphatic rings. The second-order valence-corrected chi connectivity index (χ2v) is 7.74. The number of aromatic amines is 1. The van der Waals surface area contributed by atoms with Crippen LogP contribution in [-0.4, -0.2) is 22.4 Å². The van der Waals surface area contributed by atoms with E-state index in [1.807, 2.05) is 38.1 Å². The Balaban J connectivity index is 1.92. The number of nitrogens with zero attached hydrogens (tertiary/aromatic N) is 1. The van der Waals surface area contributed by atoms with Gasteiger partial charge in [-0.05, 0) is 35.6 Å². The third kappa shape index (κ3) is 3.86. The lowest BCUT2D eigenvalue weighted by atomic mass is 9.74. The van der Waals surface area contributed by atoms with Crippen LogP contribution in [0.1, 0.15) is 37.1 Å². The van der Waals surface area contributed by atoms with Crippen LogP contribution in [0.2, 0.25) is 0 Å². The van der Waals surface area contributed by atoms with Gasteiger partial charge >= 0.3 is 0 Å². The number of aliphatic hydroxyl groups is 1. The van der Waals surface area contributed by atoms with Gasteiger partial charge in [-0.3, -0.25) is 0 Å². The molecule has 3 nitrogen and oxygen atoms in total. The molecule has 1 unspecified atom stereocenters. The summed E-state index contributed by atoms with van der Waals surface area (Å²) in [5.41, 5.74) is 0.319. The zero-order valence-corrected chi connectivity index (χ0v) is 15.4. The standard InChI is InChI=1S/C22H22F2N2O/c1-21(2,15-7-9-16(24)10-8-15)13-22(27,14-23)11-20-18(12-25)17-5-3-4-6-19(17)26-20/h3-10,26-27H,11,13-14H2,1-2H3. The Morgan fingerprint density at radius 2 is 1.78 bits per heavy atom. The Kier molecular flexibility index (Phi) is 5.03. The molecule has 0 fully saturated rings. The maximum absolute atomic E-state index is 13.9. The minimum absolute atomic E-state index is 0.00824. The molecule has 0 amide bonds. The molecule has 1 atom stereocenters. The smallest absolute Gasteiger partial charge is 0.123 e. The Hall–Kier alpha value is -2.71. The van der Waals surface area contributed by atoms with Crippen molar-refractivity contribution in [3.63, 3.8) is 0 Å². The van der Waals surface area contributed by atoms with E-state index in [1.54, 1.807) is 12.1 Å². The van der Waals surface area contributed by atoms with Gasteiger partial charge in [0.25, 0.3) is 0 Å². The molecule has 1 aromatic heterocycles. The van der Waals surface area contributed by atoms with Crippen LogP contribution < -0.4 is 0 Å². The van der Waals surface area contributed by atoms with E-state index in [-0.39, 0.29) is 18.7 Å². The number of benzene rings is 2. The van der Waals surface area contributed by atoms with Crippen molar-refractivity contribution >= 4 is 10.9 Å². The summed E-state index contributed by atoms with van der Waals surface area (Å²) >= 11 is 0. The van der Waals surface area contributed by atoms with E-state index < -0.39 is 17.7 Å². The number of nitrogens with one attached hydrogen (secondary N) is 1. The Morgan fingerprint density at radius 3 is 2.41 bits per heavy atom. The molecule has 0 aliphatic heterocycles. The lowest BCUT2D eigenvalue weighted by Gasteiger charge is -2.35. The predicted octanol–water partition coefficient (Wildman–Crippen LogP) is 4.79. The van der Waals surface area contributed by atoms with Crippen molar-refractivity contribution < 1.29 is 13.9 Å². The highest BCUT2D eigenvalue weighted by atomic mass is 19.1. The summed E-state index contributed by atoms with van der Waals surface area (Å²) in [4.78, 5) is 3.14. The molecule has 0 aliphatic carbocycles. The molecule has 2 aromatic carbocycles. The number of hydrogen-bond donors (Lipinski definition) is 2. The minimum Gasteiger partial charge on any atom is -0.387 e. The highest BCUT2D eigenvalue weighted by molar-refractivity contribution is 5.87.